The van der Waals surface area contributed by atoms with E-state index in [1.807, 2.05) is 25.1 Å². The van der Waals surface area contributed by atoms with E-state index in [0.29, 0.717) is 18.6 Å². The predicted molar refractivity (Wildman–Crippen MR) is 58.7 cm³/mol. The lowest BCUT2D eigenvalue weighted by molar-refractivity contribution is -0.133. The van der Waals surface area contributed by atoms with E-state index in [1.165, 1.54) is 5.56 Å². The van der Waals surface area contributed by atoms with E-state index >= 15 is 0 Å². The van der Waals surface area contributed by atoms with E-state index in [1.54, 1.807) is 0 Å². The normalized spacial score (nSPS) is 26.6. The van der Waals surface area contributed by atoms with Gasteiger partial charge >= 0.3 is 0 Å². The first-order valence-corrected chi connectivity index (χ1v) is 5.45. The second-order valence-electron chi connectivity index (χ2n) is 4.21. The molecule has 2 heteroatoms. The number of hydrogen-bond acceptors (Lipinski definition) is 2. The van der Waals surface area contributed by atoms with Crippen molar-refractivity contribution in [2.45, 2.75) is 38.4 Å². The summed E-state index contributed by atoms with van der Waals surface area (Å²) in [6.07, 6.45) is 2.14. The molecule has 80 valence electrons. The van der Waals surface area contributed by atoms with Gasteiger partial charge in [0.2, 0.25) is 0 Å². The van der Waals surface area contributed by atoms with Crippen LogP contribution in [-0.2, 0) is 16.0 Å². The van der Waals surface area contributed by atoms with E-state index < -0.39 is 0 Å². The van der Waals surface area contributed by atoms with Gasteiger partial charge in [0.25, 0.3) is 0 Å². The highest BCUT2D eigenvalue weighted by Gasteiger charge is 2.24. The predicted octanol–water partition coefficient (Wildman–Crippen LogP) is 2.37. The number of rotatable bonds is 2. The molecular weight excluding hydrogens is 188 g/mol. The molecule has 0 spiro atoms. The summed E-state index contributed by atoms with van der Waals surface area (Å²) in [5.74, 6) is 0.328. The first kappa shape index (κ1) is 10.4. The number of carbonyl (C=O) groups is 1. The van der Waals surface area contributed by atoms with Crippen LogP contribution >= 0.6 is 0 Å². The summed E-state index contributed by atoms with van der Waals surface area (Å²) in [6, 6.07) is 10.2. The van der Waals surface area contributed by atoms with E-state index in [-0.39, 0.29) is 12.2 Å². The molecule has 0 saturated carbocycles. The van der Waals surface area contributed by atoms with E-state index in [0.717, 1.165) is 6.42 Å². The lowest BCUT2D eigenvalue weighted by atomic mass is 9.98. The van der Waals surface area contributed by atoms with Gasteiger partial charge in [-0.3, -0.25) is 4.79 Å². The number of hydrogen-bond donors (Lipinski definition) is 0. The molecule has 1 fully saturated rings. The Morgan fingerprint density at radius 3 is 2.67 bits per heavy atom. The molecule has 1 heterocycles. The van der Waals surface area contributed by atoms with Gasteiger partial charge in [-0.05, 0) is 18.9 Å². The molecule has 1 saturated heterocycles. The minimum Gasteiger partial charge on any atom is -0.374 e. The lowest BCUT2D eigenvalue weighted by Crippen LogP contribution is -2.32. The molecule has 2 rings (SSSR count). The quantitative estimate of drug-likeness (QED) is 0.739. The summed E-state index contributed by atoms with van der Waals surface area (Å²) in [5, 5.41) is 0. The maximum absolute atomic E-state index is 11.4. The van der Waals surface area contributed by atoms with E-state index in [9.17, 15) is 4.79 Å². The van der Waals surface area contributed by atoms with Crippen molar-refractivity contribution in [2.75, 3.05) is 0 Å². The lowest BCUT2D eigenvalue weighted by Gasteiger charge is -2.27. The van der Waals surface area contributed by atoms with Crippen molar-refractivity contribution < 1.29 is 9.53 Å². The molecule has 2 unspecified atom stereocenters. The van der Waals surface area contributed by atoms with Crippen LogP contribution in [0.1, 0.15) is 25.3 Å². The SMILES string of the molecule is CC1CC(=O)CC(Cc2ccccc2)O1. The number of benzene rings is 1. The number of Topliss-reactive ketones (excluding diaryl/α,β-unsaturated/α-hetero) is 1. The first-order chi connectivity index (χ1) is 7.24. The zero-order valence-corrected chi connectivity index (χ0v) is 8.98. The van der Waals surface area contributed by atoms with Crippen molar-refractivity contribution in [3.63, 3.8) is 0 Å². The van der Waals surface area contributed by atoms with Crippen molar-refractivity contribution in [2.24, 2.45) is 0 Å². The Morgan fingerprint density at radius 2 is 2.00 bits per heavy atom. The summed E-state index contributed by atoms with van der Waals surface area (Å²) < 4.78 is 5.74. The van der Waals surface area contributed by atoms with Gasteiger partial charge in [-0.2, -0.15) is 0 Å². The van der Waals surface area contributed by atoms with E-state index in [4.69, 9.17) is 4.74 Å². The minimum atomic E-state index is 0.0728. The Kier molecular flexibility index (Phi) is 3.17. The van der Waals surface area contributed by atoms with Crippen molar-refractivity contribution in [1.82, 2.24) is 0 Å². The monoisotopic (exact) mass is 204 g/mol. The molecule has 0 radical (unpaired) electrons. The zero-order chi connectivity index (χ0) is 10.7. The van der Waals surface area contributed by atoms with Crippen molar-refractivity contribution in [1.29, 1.82) is 0 Å². The Hall–Kier alpha value is -1.15. The summed E-state index contributed by atoms with van der Waals surface area (Å²) in [4.78, 5) is 11.4. The van der Waals surface area contributed by atoms with Crippen LogP contribution in [0.25, 0.3) is 0 Å². The average molecular weight is 204 g/mol. The molecule has 0 N–H and O–H groups in total. The van der Waals surface area contributed by atoms with Gasteiger partial charge in [0.1, 0.15) is 5.78 Å². The molecule has 2 nitrogen and oxygen atoms in total. The topological polar surface area (TPSA) is 26.3 Å². The second kappa shape index (κ2) is 4.58. The highest BCUT2D eigenvalue weighted by Crippen LogP contribution is 2.19. The third-order valence-corrected chi connectivity index (χ3v) is 2.70. The van der Waals surface area contributed by atoms with Gasteiger partial charge in [0, 0.05) is 12.8 Å². The molecule has 1 aromatic carbocycles. The van der Waals surface area contributed by atoms with Crippen LogP contribution in [0.4, 0.5) is 0 Å². The van der Waals surface area contributed by atoms with Crippen molar-refractivity contribution in [3.05, 3.63) is 35.9 Å². The Morgan fingerprint density at radius 1 is 1.27 bits per heavy atom. The van der Waals surface area contributed by atoms with Crippen LogP contribution in [0.3, 0.4) is 0 Å². The van der Waals surface area contributed by atoms with E-state index in [2.05, 4.69) is 12.1 Å². The first-order valence-electron chi connectivity index (χ1n) is 5.45. The summed E-state index contributed by atoms with van der Waals surface area (Å²) in [7, 11) is 0. The summed E-state index contributed by atoms with van der Waals surface area (Å²) >= 11 is 0. The largest absolute Gasteiger partial charge is 0.374 e. The van der Waals surface area contributed by atoms with Gasteiger partial charge < -0.3 is 4.74 Å². The molecule has 0 aromatic heterocycles. The third-order valence-electron chi connectivity index (χ3n) is 2.70. The average Bonchev–Trinajstić information content (AvgIpc) is 2.17. The fourth-order valence-electron chi connectivity index (χ4n) is 2.08. The maximum Gasteiger partial charge on any atom is 0.138 e. The molecular formula is C13H16O2. The van der Waals surface area contributed by atoms with Gasteiger partial charge in [0.15, 0.2) is 0 Å². The third kappa shape index (κ3) is 2.90. The van der Waals surface area contributed by atoms with Gasteiger partial charge in [-0.25, -0.2) is 0 Å². The number of ketones is 1. The molecule has 2 atom stereocenters. The van der Waals surface area contributed by atoms with Crippen LogP contribution in [-0.4, -0.2) is 18.0 Å². The highest BCUT2D eigenvalue weighted by atomic mass is 16.5. The van der Waals surface area contributed by atoms with Crippen LogP contribution in [0.15, 0.2) is 30.3 Å². The Bertz CT molecular complexity index is 332. The summed E-state index contributed by atoms with van der Waals surface area (Å²) in [6.45, 7) is 1.97. The fourth-order valence-corrected chi connectivity index (χ4v) is 2.08. The molecule has 0 amide bonds. The molecule has 15 heavy (non-hydrogen) atoms. The van der Waals surface area contributed by atoms with Gasteiger partial charge in [0.05, 0.1) is 12.2 Å². The zero-order valence-electron chi connectivity index (χ0n) is 8.98. The van der Waals surface area contributed by atoms with Gasteiger partial charge in [-0.15, -0.1) is 0 Å². The molecule has 0 bridgehead atoms. The van der Waals surface area contributed by atoms with Crippen LogP contribution in [0.2, 0.25) is 0 Å². The van der Waals surface area contributed by atoms with Crippen LogP contribution in [0, 0.1) is 0 Å². The highest BCUT2D eigenvalue weighted by molar-refractivity contribution is 5.80. The second-order valence-corrected chi connectivity index (χ2v) is 4.21. The van der Waals surface area contributed by atoms with Crippen molar-refractivity contribution in [3.8, 4) is 0 Å². The minimum absolute atomic E-state index is 0.0728. The maximum atomic E-state index is 11.4. The molecule has 0 aliphatic carbocycles. The molecule has 1 aliphatic rings. The van der Waals surface area contributed by atoms with Crippen LogP contribution in [0.5, 0.6) is 0 Å². The molecule has 1 aliphatic heterocycles. The number of carbonyl (C=O) groups excluding carboxylic acids is 1. The van der Waals surface area contributed by atoms with Gasteiger partial charge in [-0.1, -0.05) is 30.3 Å². The number of ether oxygens (including phenoxy) is 1. The smallest absolute Gasteiger partial charge is 0.138 e. The van der Waals surface area contributed by atoms with Crippen LogP contribution < -0.4 is 0 Å². The Balaban J connectivity index is 1.97. The summed E-state index contributed by atoms with van der Waals surface area (Å²) in [5.41, 5.74) is 1.24. The van der Waals surface area contributed by atoms with Crippen molar-refractivity contribution >= 4 is 5.78 Å². The fraction of sp³-hybridized carbons (Fsp3) is 0.462. The standard InChI is InChI=1S/C13H16O2/c1-10-7-12(14)9-13(15-10)8-11-5-3-2-4-6-11/h2-6,10,13H,7-9H2,1H3. The molecule has 1 aromatic rings. The Labute approximate surface area is 90.3 Å².